The molecule has 3 N–H and O–H groups in total. The molecular formula is C12H18N4O. The molecule has 2 heterocycles. The van der Waals surface area contributed by atoms with Crippen LogP contribution in [0.3, 0.4) is 0 Å². The van der Waals surface area contributed by atoms with Gasteiger partial charge >= 0.3 is 0 Å². The Kier molecular flexibility index (Phi) is 4.06. The van der Waals surface area contributed by atoms with Gasteiger partial charge in [0.15, 0.2) is 0 Å². The summed E-state index contributed by atoms with van der Waals surface area (Å²) in [5.74, 6) is 0.107. The molecule has 2 rings (SSSR count). The molecule has 0 spiro atoms. The number of amides is 1. The van der Waals surface area contributed by atoms with Gasteiger partial charge in [0.1, 0.15) is 0 Å². The molecule has 5 heteroatoms. The third kappa shape index (κ3) is 3.51. The van der Waals surface area contributed by atoms with E-state index in [0.29, 0.717) is 13.1 Å². The van der Waals surface area contributed by atoms with Crippen molar-refractivity contribution in [2.24, 2.45) is 5.73 Å². The van der Waals surface area contributed by atoms with E-state index in [-0.39, 0.29) is 5.91 Å². The quantitative estimate of drug-likeness (QED) is 0.764. The van der Waals surface area contributed by atoms with Crippen LogP contribution in [0.5, 0.6) is 0 Å². The van der Waals surface area contributed by atoms with Gasteiger partial charge in [-0.2, -0.15) is 0 Å². The summed E-state index contributed by atoms with van der Waals surface area (Å²) in [6.45, 7) is 3.43. The topological polar surface area (TPSA) is 71.2 Å². The lowest BCUT2D eigenvalue weighted by Gasteiger charge is -2.18. The van der Waals surface area contributed by atoms with Crippen LogP contribution in [0.4, 0.5) is 0 Å². The third-order valence-corrected chi connectivity index (χ3v) is 2.84. The zero-order valence-corrected chi connectivity index (χ0v) is 9.85. The number of aromatic nitrogens is 1. The van der Waals surface area contributed by atoms with Crippen LogP contribution in [0, 0.1) is 0 Å². The lowest BCUT2D eigenvalue weighted by atomic mass is 10.2. The Labute approximate surface area is 101 Å². The Bertz CT molecular complexity index is 394. The van der Waals surface area contributed by atoms with E-state index >= 15 is 0 Å². The summed E-state index contributed by atoms with van der Waals surface area (Å²) in [4.78, 5) is 17.7. The van der Waals surface area contributed by atoms with Gasteiger partial charge in [-0.05, 0) is 24.1 Å². The fraction of sp³-hybridized carbons (Fsp3) is 0.500. The number of nitrogens with one attached hydrogen (secondary N) is 1. The predicted molar refractivity (Wildman–Crippen MR) is 65.0 cm³/mol. The van der Waals surface area contributed by atoms with Gasteiger partial charge < -0.3 is 11.1 Å². The van der Waals surface area contributed by atoms with Crippen molar-refractivity contribution in [2.45, 2.75) is 19.5 Å². The van der Waals surface area contributed by atoms with Crippen LogP contribution in [0.1, 0.15) is 17.7 Å². The molecule has 1 aromatic rings. The predicted octanol–water partition coefficient (Wildman–Crippen LogP) is -0.138. The molecule has 0 atom stereocenters. The van der Waals surface area contributed by atoms with E-state index in [1.54, 1.807) is 6.20 Å². The number of carbonyl (C=O) groups is 1. The van der Waals surface area contributed by atoms with Crippen molar-refractivity contribution in [2.75, 3.05) is 19.6 Å². The summed E-state index contributed by atoms with van der Waals surface area (Å²) < 4.78 is 0. The minimum absolute atomic E-state index is 0.107. The average molecular weight is 234 g/mol. The van der Waals surface area contributed by atoms with Gasteiger partial charge in [-0.1, -0.05) is 0 Å². The largest absolute Gasteiger partial charge is 0.355 e. The Morgan fingerprint density at radius 1 is 1.53 bits per heavy atom. The number of nitrogens with two attached hydrogens (primary N) is 1. The van der Waals surface area contributed by atoms with Crippen LogP contribution < -0.4 is 11.1 Å². The first-order valence-electron chi connectivity index (χ1n) is 5.91. The normalized spacial score (nSPS) is 17.6. The molecule has 0 aromatic carbocycles. The second kappa shape index (κ2) is 5.75. The summed E-state index contributed by atoms with van der Waals surface area (Å²) in [6.07, 6.45) is 2.77. The molecule has 92 valence electrons. The van der Waals surface area contributed by atoms with E-state index in [4.69, 9.17) is 5.73 Å². The highest BCUT2D eigenvalue weighted by Gasteiger charge is 2.14. The average Bonchev–Trinajstić information content (AvgIpc) is 2.54. The summed E-state index contributed by atoms with van der Waals surface area (Å²) in [5.41, 5.74) is 7.61. The molecule has 5 nitrogen and oxygen atoms in total. The summed E-state index contributed by atoms with van der Waals surface area (Å²) in [5, 5.41) is 2.87. The van der Waals surface area contributed by atoms with Gasteiger partial charge in [-0.3, -0.25) is 14.7 Å². The molecule has 0 saturated carbocycles. The first kappa shape index (κ1) is 12.0. The molecular weight excluding hydrogens is 216 g/mol. The molecule has 17 heavy (non-hydrogen) atoms. The van der Waals surface area contributed by atoms with Gasteiger partial charge in [0.2, 0.25) is 5.91 Å². The van der Waals surface area contributed by atoms with Crippen LogP contribution in [-0.4, -0.2) is 35.4 Å². The fourth-order valence-corrected chi connectivity index (χ4v) is 2.00. The lowest BCUT2D eigenvalue weighted by Crippen LogP contribution is -2.32. The van der Waals surface area contributed by atoms with Gasteiger partial charge in [-0.25, -0.2) is 0 Å². The van der Waals surface area contributed by atoms with Crippen LogP contribution in [0.2, 0.25) is 0 Å². The van der Waals surface area contributed by atoms with Crippen molar-refractivity contribution in [1.29, 1.82) is 0 Å². The molecule has 1 aliphatic heterocycles. The maximum Gasteiger partial charge on any atom is 0.234 e. The Morgan fingerprint density at radius 2 is 2.41 bits per heavy atom. The number of rotatable bonds is 3. The van der Waals surface area contributed by atoms with Gasteiger partial charge in [0.05, 0.1) is 12.2 Å². The SMILES string of the molecule is NCc1cc(CN2CCCNC(=O)C2)ccn1. The zero-order valence-electron chi connectivity index (χ0n) is 9.85. The van der Waals surface area contributed by atoms with Crippen molar-refractivity contribution < 1.29 is 4.79 Å². The molecule has 0 bridgehead atoms. The minimum atomic E-state index is 0.107. The van der Waals surface area contributed by atoms with Crippen LogP contribution in [0.25, 0.3) is 0 Å². The minimum Gasteiger partial charge on any atom is -0.355 e. The van der Waals surface area contributed by atoms with E-state index in [1.807, 2.05) is 12.1 Å². The maximum atomic E-state index is 11.4. The first-order valence-corrected chi connectivity index (χ1v) is 5.91. The molecule has 1 aliphatic rings. The molecule has 1 fully saturated rings. The van der Waals surface area contributed by atoms with Crippen LogP contribution in [-0.2, 0) is 17.9 Å². The second-order valence-corrected chi connectivity index (χ2v) is 4.27. The Morgan fingerprint density at radius 3 is 3.24 bits per heavy atom. The number of hydrogen-bond acceptors (Lipinski definition) is 4. The third-order valence-electron chi connectivity index (χ3n) is 2.84. The van der Waals surface area contributed by atoms with E-state index in [1.165, 1.54) is 0 Å². The number of carbonyl (C=O) groups excluding carboxylic acids is 1. The van der Waals surface area contributed by atoms with Gasteiger partial charge in [-0.15, -0.1) is 0 Å². The van der Waals surface area contributed by atoms with E-state index in [9.17, 15) is 4.79 Å². The lowest BCUT2D eigenvalue weighted by molar-refractivity contribution is -0.121. The van der Waals surface area contributed by atoms with E-state index in [0.717, 1.165) is 37.3 Å². The van der Waals surface area contributed by atoms with Gasteiger partial charge in [0, 0.05) is 32.4 Å². The van der Waals surface area contributed by atoms with Crippen molar-refractivity contribution in [3.63, 3.8) is 0 Å². The van der Waals surface area contributed by atoms with Crippen LogP contribution in [0.15, 0.2) is 18.3 Å². The van der Waals surface area contributed by atoms with Crippen molar-refractivity contribution in [1.82, 2.24) is 15.2 Å². The maximum absolute atomic E-state index is 11.4. The zero-order chi connectivity index (χ0) is 12.1. The van der Waals surface area contributed by atoms with Crippen LogP contribution >= 0.6 is 0 Å². The first-order chi connectivity index (χ1) is 8.28. The van der Waals surface area contributed by atoms with Crippen molar-refractivity contribution >= 4 is 5.91 Å². The van der Waals surface area contributed by atoms with Crippen molar-refractivity contribution in [3.8, 4) is 0 Å². The van der Waals surface area contributed by atoms with E-state index in [2.05, 4.69) is 15.2 Å². The van der Waals surface area contributed by atoms with E-state index < -0.39 is 0 Å². The smallest absolute Gasteiger partial charge is 0.234 e. The summed E-state index contributed by atoms with van der Waals surface area (Å²) in [7, 11) is 0. The number of nitrogens with zero attached hydrogens (tertiary/aromatic N) is 2. The number of pyridine rings is 1. The Balaban J connectivity index is 2.00. The molecule has 0 aliphatic carbocycles. The molecule has 0 radical (unpaired) electrons. The Hall–Kier alpha value is -1.46. The monoisotopic (exact) mass is 234 g/mol. The molecule has 0 unspecified atom stereocenters. The standard InChI is InChI=1S/C12H18N4O/c13-7-11-6-10(2-4-14-11)8-16-5-1-3-15-12(17)9-16/h2,4,6H,1,3,5,7-9,13H2,(H,15,17). The number of hydrogen-bond donors (Lipinski definition) is 2. The van der Waals surface area contributed by atoms with Crippen molar-refractivity contribution in [3.05, 3.63) is 29.6 Å². The fourth-order valence-electron chi connectivity index (χ4n) is 2.00. The highest BCUT2D eigenvalue weighted by atomic mass is 16.2. The van der Waals surface area contributed by atoms with Gasteiger partial charge in [0.25, 0.3) is 0 Å². The highest BCUT2D eigenvalue weighted by Crippen LogP contribution is 2.07. The summed E-state index contributed by atoms with van der Waals surface area (Å²) >= 11 is 0. The highest BCUT2D eigenvalue weighted by molar-refractivity contribution is 5.78. The summed E-state index contributed by atoms with van der Waals surface area (Å²) in [6, 6.07) is 3.98. The molecule has 1 aromatic heterocycles. The molecule has 1 saturated heterocycles. The second-order valence-electron chi connectivity index (χ2n) is 4.27. The molecule has 1 amide bonds.